The highest BCUT2D eigenvalue weighted by molar-refractivity contribution is 6.05. The number of fused-ring (bicyclic) bond motifs is 1. The van der Waals surface area contributed by atoms with Gasteiger partial charge < -0.3 is 21.5 Å². The summed E-state index contributed by atoms with van der Waals surface area (Å²) in [5.74, 6) is -1.42. The number of carbonyl (C=O) groups is 2. The zero-order chi connectivity index (χ0) is 23.4. The molecule has 8 nitrogen and oxygen atoms in total. The van der Waals surface area contributed by atoms with Gasteiger partial charge >= 0.3 is 5.97 Å². The van der Waals surface area contributed by atoms with Gasteiger partial charge in [0.05, 0.1) is 17.1 Å². The van der Waals surface area contributed by atoms with Crippen LogP contribution in [0.25, 0.3) is 10.9 Å². The number of anilines is 2. The average molecular weight is 445 g/mol. The van der Waals surface area contributed by atoms with E-state index in [1.54, 1.807) is 30.3 Å². The fourth-order valence-electron chi connectivity index (χ4n) is 3.46. The van der Waals surface area contributed by atoms with Crippen molar-refractivity contribution < 1.29 is 19.1 Å². The van der Waals surface area contributed by atoms with Gasteiger partial charge in [-0.3, -0.25) is 4.79 Å². The number of carbonyl (C=O) groups excluding carboxylic acids is 1. The van der Waals surface area contributed by atoms with Crippen LogP contribution in [0, 0.1) is 5.82 Å². The number of nitrogens with two attached hydrogens (primary N) is 1. The molecule has 1 amide bonds. The Labute approximate surface area is 188 Å². The number of carboxylic acid groups (broad SMARTS) is 1. The maximum absolute atomic E-state index is 13.1. The number of para-hydroxylation sites is 1. The number of carboxylic acids is 1. The highest BCUT2D eigenvalue weighted by atomic mass is 19.1. The van der Waals surface area contributed by atoms with Gasteiger partial charge in [-0.2, -0.15) is 0 Å². The summed E-state index contributed by atoms with van der Waals surface area (Å²) in [7, 11) is 0. The first-order chi connectivity index (χ1) is 16.0. The molecule has 1 aromatic heterocycles. The number of nitrogens with one attached hydrogen (secondary N) is 2. The van der Waals surface area contributed by atoms with E-state index in [2.05, 4.69) is 20.6 Å². The van der Waals surface area contributed by atoms with Crippen molar-refractivity contribution in [1.82, 2.24) is 9.97 Å². The zero-order valence-electron chi connectivity index (χ0n) is 17.3. The quantitative estimate of drug-likeness (QED) is 0.340. The van der Waals surface area contributed by atoms with Crippen molar-refractivity contribution in [2.24, 2.45) is 5.73 Å². The largest absolute Gasteiger partial charge is 0.478 e. The van der Waals surface area contributed by atoms with E-state index in [4.69, 9.17) is 5.73 Å². The number of nitrogens with zero attached hydrogens (tertiary/aromatic N) is 2. The minimum absolute atomic E-state index is 0.0766. The Bertz CT molecular complexity index is 1330. The Morgan fingerprint density at radius 2 is 1.79 bits per heavy atom. The summed E-state index contributed by atoms with van der Waals surface area (Å²) < 4.78 is 13.1. The van der Waals surface area contributed by atoms with Gasteiger partial charge in [0.25, 0.3) is 5.91 Å². The number of amides is 1. The summed E-state index contributed by atoms with van der Waals surface area (Å²) in [6.45, 7) is 0.208. The maximum Gasteiger partial charge on any atom is 0.337 e. The van der Waals surface area contributed by atoms with Crippen LogP contribution in [-0.4, -0.2) is 33.5 Å². The third-order valence-corrected chi connectivity index (χ3v) is 5.10. The SMILES string of the molecule is NCC(Nc1ncnc2c(C(=O)O)cccc12)c1cccc(NC(=O)c2ccc(F)cc2)c1. The molecule has 33 heavy (non-hydrogen) atoms. The molecule has 0 bridgehead atoms. The molecule has 1 unspecified atom stereocenters. The van der Waals surface area contributed by atoms with E-state index in [0.29, 0.717) is 28.0 Å². The number of halogens is 1. The first-order valence-electron chi connectivity index (χ1n) is 10.1. The summed E-state index contributed by atoms with van der Waals surface area (Å²) in [6, 6.07) is 16.9. The molecule has 5 N–H and O–H groups in total. The second kappa shape index (κ2) is 9.41. The molecule has 0 radical (unpaired) electrons. The summed E-state index contributed by atoms with van der Waals surface area (Å²) in [5.41, 5.74) is 8.07. The lowest BCUT2D eigenvalue weighted by molar-refractivity contribution is 0.0698. The Hall–Kier alpha value is -4.37. The van der Waals surface area contributed by atoms with Crippen LogP contribution in [0.3, 0.4) is 0 Å². The summed E-state index contributed by atoms with van der Waals surface area (Å²) >= 11 is 0. The standard InChI is InChI=1S/C24H20FN5O3/c25-16-9-7-14(8-10-16)23(31)29-17-4-1-3-15(11-17)20(12-26)30-22-18-5-2-6-19(24(32)33)21(18)27-13-28-22/h1-11,13,20H,12,26H2,(H,29,31)(H,32,33)(H,27,28,30). The Morgan fingerprint density at radius 3 is 2.52 bits per heavy atom. The molecule has 4 rings (SSSR count). The minimum Gasteiger partial charge on any atom is -0.478 e. The van der Waals surface area contributed by atoms with Crippen molar-refractivity contribution in [3.8, 4) is 0 Å². The van der Waals surface area contributed by atoms with Gasteiger partial charge in [0.15, 0.2) is 0 Å². The smallest absolute Gasteiger partial charge is 0.337 e. The molecule has 3 aromatic carbocycles. The van der Waals surface area contributed by atoms with E-state index in [9.17, 15) is 19.1 Å². The maximum atomic E-state index is 13.1. The molecule has 1 heterocycles. The van der Waals surface area contributed by atoms with Crippen LogP contribution in [0.2, 0.25) is 0 Å². The monoisotopic (exact) mass is 445 g/mol. The van der Waals surface area contributed by atoms with E-state index in [1.165, 1.54) is 36.7 Å². The minimum atomic E-state index is -1.08. The van der Waals surface area contributed by atoms with Crippen LogP contribution in [-0.2, 0) is 0 Å². The van der Waals surface area contributed by atoms with Crippen LogP contribution < -0.4 is 16.4 Å². The predicted molar refractivity (Wildman–Crippen MR) is 123 cm³/mol. The molecular formula is C24H20FN5O3. The van der Waals surface area contributed by atoms with Gasteiger partial charge in [-0.15, -0.1) is 0 Å². The third kappa shape index (κ3) is 4.78. The van der Waals surface area contributed by atoms with Gasteiger partial charge in [0, 0.05) is 23.2 Å². The number of hydrogen-bond acceptors (Lipinski definition) is 6. The molecule has 0 aliphatic rings. The lowest BCUT2D eigenvalue weighted by Crippen LogP contribution is -2.22. The van der Waals surface area contributed by atoms with Gasteiger partial charge in [0.1, 0.15) is 18.0 Å². The lowest BCUT2D eigenvalue weighted by atomic mass is 10.0. The van der Waals surface area contributed by atoms with Crippen LogP contribution in [0.15, 0.2) is 73.1 Å². The van der Waals surface area contributed by atoms with Crippen LogP contribution in [0.4, 0.5) is 15.9 Å². The van der Waals surface area contributed by atoms with E-state index in [0.717, 1.165) is 5.56 Å². The molecule has 0 aliphatic carbocycles. The highest BCUT2D eigenvalue weighted by Crippen LogP contribution is 2.27. The second-order valence-electron chi connectivity index (χ2n) is 7.25. The Balaban J connectivity index is 1.59. The molecule has 0 saturated carbocycles. The fourth-order valence-corrected chi connectivity index (χ4v) is 3.46. The number of hydrogen-bond donors (Lipinski definition) is 4. The van der Waals surface area contributed by atoms with E-state index < -0.39 is 11.8 Å². The molecule has 0 fully saturated rings. The van der Waals surface area contributed by atoms with Crippen molar-refractivity contribution in [1.29, 1.82) is 0 Å². The highest BCUT2D eigenvalue weighted by Gasteiger charge is 2.16. The molecule has 0 spiro atoms. The number of aromatic nitrogens is 2. The van der Waals surface area contributed by atoms with E-state index in [-0.39, 0.29) is 24.1 Å². The topological polar surface area (TPSA) is 130 Å². The zero-order valence-corrected chi connectivity index (χ0v) is 17.3. The lowest BCUT2D eigenvalue weighted by Gasteiger charge is -2.20. The van der Waals surface area contributed by atoms with Crippen LogP contribution >= 0.6 is 0 Å². The van der Waals surface area contributed by atoms with E-state index >= 15 is 0 Å². The first kappa shape index (κ1) is 21.8. The number of rotatable bonds is 7. The van der Waals surface area contributed by atoms with Crippen molar-refractivity contribution in [3.63, 3.8) is 0 Å². The van der Waals surface area contributed by atoms with Crippen LogP contribution in [0.1, 0.15) is 32.3 Å². The van der Waals surface area contributed by atoms with Gasteiger partial charge in [0.2, 0.25) is 0 Å². The van der Waals surface area contributed by atoms with Crippen molar-refractivity contribution in [2.75, 3.05) is 17.2 Å². The molecule has 0 saturated heterocycles. The van der Waals surface area contributed by atoms with Crippen molar-refractivity contribution in [2.45, 2.75) is 6.04 Å². The van der Waals surface area contributed by atoms with E-state index in [1.807, 2.05) is 6.07 Å². The Morgan fingerprint density at radius 1 is 1.03 bits per heavy atom. The molecule has 0 aliphatic heterocycles. The second-order valence-corrected chi connectivity index (χ2v) is 7.25. The first-order valence-corrected chi connectivity index (χ1v) is 10.1. The normalized spacial score (nSPS) is 11.7. The summed E-state index contributed by atoms with van der Waals surface area (Å²) in [4.78, 5) is 32.4. The number of benzene rings is 3. The molecular weight excluding hydrogens is 425 g/mol. The van der Waals surface area contributed by atoms with Crippen LogP contribution in [0.5, 0.6) is 0 Å². The predicted octanol–water partition coefficient (Wildman–Crippen LogP) is 3.83. The third-order valence-electron chi connectivity index (χ3n) is 5.10. The molecule has 1 atom stereocenters. The Kier molecular flexibility index (Phi) is 6.23. The van der Waals surface area contributed by atoms with Gasteiger partial charge in [-0.1, -0.05) is 18.2 Å². The number of aromatic carboxylic acids is 1. The van der Waals surface area contributed by atoms with Crippen molar-refractivity contribution in [3.05, 3.63) is 95.6 Å². The average Bonchev–Trinajstić information content (AvgIpc) is 2.82. The molecule has 166 valence electrons. The van der Waals surface area contributed by atoms with Gasteiger partial charge in [-0.25, -0.2) is 19.2 Å². The summed E-state index contributed by atoms with van der Waals surface area (Å²) in [5, 5.41) is 16.0. The molecule has 4 aromatic rings. The summed E-state index contributed by atoms with van der Waals surface area (Å²) in [6.07, 6.45) is 1.30. The van der Waals surface area contributed by atoms with Crippen molar-refractivity contribution >= 4 is 34.3 Å². The molecule has 9 heteroatoms. The van der Waals surface area contributed by atoms with Gasteiger partial charge in [-0.05, 0) is 54.1 Å². The fraction of sp³-hybridized carbons (Fsp3) is 0.0833.